The second-order valence-electron chi connectivity index (χ2n) is 7.82. The van der Waals surface area contributed by atoms with Crippen molar-refractivity contribution in [2.75, 3.05) is 19.7 Å². The zero-order valence-corrected chi connectivity index (χ0v) is 20.5. The predicted molar refractivity (Wildman–Crippen MR) is 125 cm³/mol. The van der Waals surface area contributed by atoms with Crippen LogP contribution in [-0.2, 0) is 14.8 Å². The number of halogens is 1. The normalized spacial score (nSPS) is 16.6. The molecular formula is C23H29BrN2O4S. The Labute approximate surface area is 193 Å². The number of hydrogen-bond acceptors (Lipinski definition) is 4. The third-order valence-electron chi connectivity index (χ3n) is 5.62. The Morgan fingerprint density at radius 3 is 2.55 bits per heavy atom. The van der Waals surface area contributed by atoms with Gasteiger partial charge in [-0.25, -0.2) is 8.42 Å². The minimum atomic E-state index is -3.60. The highest BCUT2D eigenvalue weighted by Crippen LogP contribution is 2.28. The number of amides is 1. The minimum absolute atomic E-state index is 0.0264. The number of benzene rings is 2. The molecule has 0 bridgehead atoms. The van der Waals surface area contributed by atoms with Crippen molar-refractivity contribution in [3.63, 3.8) is 0 Å². The van der Waals surface area contributed by atoms with Crippen molar-refractivity contribution in [2.24, 2.45) is 5.92 Å². The molecule has 0 aromatic heterocycles. The largest absolute Gasteiger partial charge is 0.494 e. The first kappa shape index (κ1) is 23.8. The number of hydrogen-bond donors (Lipinski definition) is 1. The molecule has 1 amide bonds. The van der Waals surface area contributed by atoms with Crippen LogP contribution < -0.4 is 10.1 Å². The summed E-state index contributed by atoms with van der Waals surface area (Å²) in [6.45, 7) is 6.88. The molecule has 1 saturated heterocycles. The van der Waals surface area contributed by atoms with Crippen molar-refractivity contribution in [2.45, 2.75) is 44.6 Å². The predicted octanol–water partition coefficient (Wildman–Crippen LogP) is 4.43. The monoisotopic (exact) mass is 508 g/mol. The van der Waals surface area contributed by atoms with Crippen LogP contribution in [0.5, 0.6) is 5.75 Å². The van der Waals surface area contributed by atoms with E-state index in [1.165, 1.54) is 4.31 Å². The van der Waals surface area contributed by atoms with Gasteiger partial charge in [0.2, 0.25) is 15.9 Å². The Morgan fingerprint density at radius 2 is 1.94 bits per heavy atom. The van der Waals surface area contributed by atoms with Crippen molar-refractivity contribution in [3.05, 3.63) is 58.1 Å². The second kappa shape index (κ2) is 10.1. The van der Waals surface area contributed by atoms with Gasteiger partial charge >= 0.3 is 0 Å². The van der Waals surface area contributed by atoms with Gasteiger partial charge in [0.25, 0.3) is 0 Å². The lowest BCUT2D eigenvalue weighted by Gasteiger charge is -2.31. The van der Waals surface area contributed by atoms with Gasteiger partial charge in [-0.05, 0) is 75.1 Å². The molecule has 8 heteroatoms. The Balaban J connectivity index is 1.60. The zero-order chi connectivity index (χ0) is 22.6. The fourth-order valence-electron chi connectivity index (χ4n) is 3.80. The summed E-state index contributed by atoms with van der Waals surface area (Å²) in [6.07, 6.45) is 1.01. The van der Waals surface area contributed by atoms with E-state index in [1.807, 2.05) is 45.0 Å². The minimum Gasteiger partial charge on any atom is -0.494 e. The van der Waals surface area contributed by atoms with Crippen LogP contribution in [-0.4, -0.2) is 38.3 Å². The smallest absolute Gasteiger partial charge is 0.243 e. The number of sulfonamides is 1. The molecule has 0 spiro atoms. The number of carbonyl (C=O) groups excluding carboxylic acids is 1. The maximum absolute atomic E-state index is 13.1. The van der Waals surface area contributed by atoms with E-state index < -0.39 is 10.0 Å². The first-order chi connectivity index (χ1) is 14.7. The summed E-state index contributed by atoms with van der Waals surface area (Å²) in [4.78, 5) is 13.0. The van der Waals surface area contributed by atoms with Gasteiger partial charge in [0, 0.05) is 23.5 Å². The third-order valence-corrected chi connectivity index (χ3v) is 8.00. The molecule has 1 heterocycles. The number of aryl methyl sites for hydroxylation is 1. The molecule has 1 N–H and O–H groups in total. The zero-order valence-electron chi connectivity index (χ0n) is 18.1. The molecule has 1 atom stereocenters. The van der Waals surface area contributed by atoms with Gasteiger partial charge < -0.3 is 10.1 Å². The second-order valence-corrected chi connectivity index (χ2v) is 10.7. The number of carbonyl (C=O) groups is 1. The summed E-state index contributed by atoms with van der Waals surface area (Å²) in [5.41, 5.74) is 1.81. The third kappa shape index (κ3) is 5.67. The van der Waals surface area contributed by atoms with E-state index in [9.17, 15) is 13.2 Å². The number of piperidine rings is 1. The van der Waals surface area contributed by atoms with Crippen LogP contribution in [0.15, 0.2) is 51.8 Å². The van der Waals surface area contributed by atoms with Crippen LogP contribution in [0.4, 0.5) is 0 Å². The Morgan fingerprint density at radius 1 is 1.23 bits per heavy atom. The lowest BCUT2D eigenvalue weighted by atomic mass is 9.96. The summed E-state index contributed by atoms with van der Waals surface area (Å²) >= 11 is 3.45. The summed E-state index contributed by atoms with van der Waals surface area (Å²) < 4.78 is 34.1. The van der Waals surface area contributed by atoms with E-state index in [0.717, 1.165) is 15.6 Å². The highest BCUT2D eigenvalue weighted by Gasteiger charge is 2.32. The molecule has 31 heavy (non-hydrogen) atoms. The molecule has 3 rings (SSSR count). The van der Waals surface area contributed by atoms with Gasteiger partial charge in [-0.15, -0.1) is 0 Å². The topological polar surface area (TPSA) is 75.7 Å². The quantitative estimate of drug-likeness (QED) is 0.599. The molecule has 2 aromatic carbocycles. The van der Waals surface area contributed by atoms with Crippen LogP contribution in [0, 0.1) is 12.8 Å². The van der Waals surface area contributed by atoms with E-state index >= 15 is 0 Å². The molecule has 0 radical (unpaired) electrons. The number of rotatable bonds is 7. The fourth-order valence-corrected chi connectivity index (χ4v) is 5.77. The molecule has 1 fully saturated rings. The van der Waals surface area contributed by atoms with Gasteiger partial charge in [-0.1, -0.05) is 28.1 Å². The van der Waals surface area contributed by atoms with Crippen molar-refractivity contribution in [1.82, 2.24) is 9.62 Å². The summed E-state index contributed by atoms with van der Waals surface area (Å²) in [5.74, 6) is 0.473. The lowest BCUT2D eigenvalue weighted by molar-refractivity contribution is -0.126. The summed E-state index contributed by atoms with van der Waals surface area (Å²) in [5, 5.41) is 3.06. The van der Waals surface area contributed by atoms with E-state index in [0.29, 0.717) is 38.3 Å². The molecule has 0 aliphatic carbocycles. The average Bonchev–Trinajstić information content (AvgIpc) is 2.75. The SMILES string of the molecule is CCOc1ccc(S(=O)(=O)N2CCC(C(=O)N[C@@H](C)c3cccc(Br)c3)CC2)cc1C. The Hall–Kier alpha value is -1.90. The van der Waals surface area contributed by atoms with Crippen LogP contribution in [0.1, 0.15) is 43.9 Å². The molecule has 6 nitrogen and oxygen atoms in total. The van der Waals surface area contributed by atoms with Gasteiger partial charge in [0.15, 0.2) is 0 Å². The highest BCUT2D eigenvalue weighted by atomic mass is 79.9. The Bertz CT molecular complexity index is 1030. The van der Waals surface area contributed by atoms with E-state index in [1.54, 1.807) is 18.2 Å². The van der Waals surface area contributed by atoms with E-state index in [4.69, 9.17) is 4.74 Å². The summed E-state index contributed by atoms with van der Waals surface area (Å²) in [7, 11) is -3.60. The molecule has 1 aliphatic rings. The van der Waals surface area contributed by atoms with Gasteiger partial charge in [0.05, 0.1) is 17.5 Å². The van der Waals surface area contributed by atoms with E-state index in [2.05, 4.69) is 21.2 Å². The molecule has 0 saturated carbocycles. The average molecular weight is 509 g/mol. The van der Waals surface area contributed by atoms with E-state index in [-0.39, 0.29) is 22.8 Å². The molecular weight excluding hydrogens is 480 g/mol. The van der Waals surface area contributed by atoms with Crippen LogP contribution >= 0.6 is 15.9 Å². The van der Waals surface area contributed by atoms with Crippen LogP contribution in [0.25, 0.3) is 0 Å². The molecule has 1 aliphatic heterocycles. The lowest BCUT2D eigenvalue weighted by Crippen LogP contribution is -2.43. The van der Waals surface area contributed by atoms with Gasteiger partial charge in [-0.3, -0.25) is 4.79 Å². The van der Waals surface area contributed by atoms with Crippen molar-refractivity contribution >= 4 is 31.9 Å². The molecule has 2 aromatic rings. The van der Waals surface area contributed by atoms with Crippen molar-refractivity contribution in [3.8, 4) is 5.75 Å². The first-order valence-corrected chi connectivity index (χ1v) is 12.7. The fraction of sp³-hybridized carbons (Fsp3) is 0.435. The molecule has 168 valence electrons. The van der Waals surface area contributed by atoms with Crippen LogP contribution in [0.2, 0.25) is 0 Å². The molecule has 0 unspecified atom stereocenters. The van der Waals surface area contributed by atoms with Crippen molar-refractivity contribution < 1.29 is 17.9 Å². The Kier molecular flexibility index (Phi) is 7.78. The first-order valence-electron chi connectivity index (χ1n) is 10.5. The maximum Gasteiger partial charge on any atom is 0.243 e. The van der Waals surface area contributed by atoms with Crippen molar-refractivity contribution in [1.29, 1.82) is 0 Å². The number of nitrogens with zero attached hydrogens (tertiary/aromatic N) is 1. The maximum atomic E-state index is 13.1. The summed E-state index contributed by atoms with van der Waals surface area (Å²) in [6, 6.07) is 12.7. The van der Waals surface area contributed by atoms with Crippen LogP contribution in [0.3, 0.4) is 0 Å². The number of ether oxygens (including phenoxy) is 1. The highest BCUT2D eigenvalue weighted by molar-refractivity contribution is 9.10. The standard InChI is InChI=1S/C23H29BrN2O4S/c1-4-30-22-9-8-21(14-16(22)2)31(28,29)26-12-10-18(11-13-26)23(27)25-17(3)19-6-5-7-20(24)15-19/h5-9,14-15,17-18H,4,10-13H2,1-3H3,(H,25,27)/t17-/m0/s1. The van der Waals surface area contributed by atoms with Gasteiger partial charge in [-0.2, -0.15) is 4.31 Å². The number of nitrogens with one attached hydrogen (secondary N) is 1. The van der Waals surface area contributed by atoms with Gasteiger partial charge in [0.1, 0.15) is 5.75 Å².